The van der Waals surface area contributed by atoms with Gasteiger partial charge in [0.15, 0.2) is 0 Å². The fourth-order valence-electron chi connectivity index (χ4n) is 1.75. The van der Waals surface area contributed by atoms with Crippen molar-refractivity contribution in [1.82, 2.24) is 0 Å². The molecule has 3 nitrogen and oxygen atoms in total. The van der Waals surface area contributed by atoms with Gasteiger partial charge in [-0.25, -0.2) is 0 Å². The van der Waals surface area contributed by atoms with Gasteiger partial charge in [-0.1, -0.05) is 36.2 Å². The molecule has 0 fully saturated rings. The van der Waals surface area contributed by atoms with E-state index in [4.69, 9.17) is 4.74 Å². The van der Waals surface area contributed by atoms with Gasteiger partial charge in [-0.05, 0) is 12.5 Å². The molecule has 0 N–H and O–H groups in total. The fourth-order valence-corrected chi connectivity index (χ4v) is 1.75. The van der Waals surface area contributed by atoms with Crippen LogP contribution in [0.3, 0.4) is 0 Å². The van der Waals surface area contributed by atoms with E-state index in [2.05, 4.69) is 11.1 Å². The second-order valence-corrected chi connectivity index (χ2v) is 4.18. The molecule has 5 heteroatoms. The van der Waals surface area contributed by atoms with Crippen LogP contribution in [-0.2, 0) is 0 Å². The molecule has 0 spiro atoms. The van der Waals surface area contributed by atoms with Gasteiger partial charge in [0, 0.05) is 5.75 Å². The smallest absolute Gasteiger partial charge is 0.868 e. The molecule has 1 atom stereocenters. The van der Waals surface area contributed by atoms with Crippen molar-refractivity contribution in [2.45, 2.75) is 13.0 Å². The van der Waals surface area contributed by atoms with Gasteiger partial charge in [0.1, 0.15) is 0 Å². The average Bonchev–Trinajstić information content (AvgIpc) is 2.48. The monoisotopic (exact) mass is 267 g/mol. The van der Waals surface area contributed by atoms with Crippen LogP contribution in [0.5, 0.6) is 5.75 Å². The van der Waals surface area contributed by atoms with E-state index in [0.717, 1.165) is 5.56 Å². The molecule has 0 amide bonds. The van der Waals surface area contributed by atoms with Crippen molar-refractivity contribution in [1.29, 1.82) is 0 Å². The number of rotatable bonds is 4. The molecule has 0 aliphatic carbocycles. The Kier molecular flexibility index (Phi) is 9.26. The molecule has 0 aliphatic rings. The van der Waals surface area contributed by atoms with Crippen LogP contribution in [0.4, 0.5) is 0 Å². The number of nitrogens with zero attached hydrogens (tertiary/aromatic N) is 1. The third kappa shape index (κ3) is 5.66. The van der Waals surface area contributed by atoms with Crippen molar-refractivity contribution in [2.24, 2.45) is 4.99 Å². The minimum Gasteiger partial charge on any atom is -0.868 e. The van der Waals surface area contributed by atoms with Crippen molar-refractivity contribution in [3.05, 3.63) is 65.7 Å². The minimum atomic E-state index is -0.258. The zero-order chi connectivity index (χ0) is 13.7. The van der Waals surface area contributed by atoms with E-state index in [1.54, 1.807) is 25.3 Å². The molecular weight excluding hydrogens is 252 g/mol. The first-order chi connectivity index (χ1) is 9.20. The Morgan fingerprint density at radius 3 is 2.48 bits per heavy atom. The maximum absolute atomic E-state index is 12.1. The maximum Gasteiger partial charge on any atom is 1.00 e. The van der Waals surface area contributed by atoms with Crippen LogP contribution < -0.4 is 47.6 Å². The van der Waals surface area contributed by atoms with Gasteiger partial charge in [0.05, 0.1) is 13.2 Å². The van der Waals surface area contributed by atoms with Crippen molar-refractivity contribution in [3.8, 4) is 5.75 Å². The summed E-state index contributed by atoms with van der Waals surface area (Å²) >= 11 is 0. The molecule has 0 saturated carbocycles. The number of hydrogen-bond donors (Lipinski definition) is 0. The van der Waals surface area contributed by atoms with Crippen molar-refractivity contribution < 1.29 is 47.6 Å². The van der Waals surface area contributed by atoms with Gasteiger partial charge in [-0.2, -0.15) is 12.1 Å². The summed E-state index contributed by atoms with van der Waals surface area (Å²) in [6.07, 6.45) is 0. The van der Waals surface area contributed by atoms with E-state index < -0.39 is 0 Å². The summed E-state index contributed by atoms with van der Waals surface area (Å²) in [5.74, 6) is 0.347. The van der Waals surface area contributed by atoms with E-state index in [-0.39, 0.29) is 49.7 Å². The normalized spacial score (nSPS) is 11.8. The van der Waals surface area contributed by atoms with Crippen molar-refractivity contribution in [2.75, 3.05) is 7.11 Å². The standard InChI is InChI=1S/C16H16NO2.2Li/c1-12(13-7-4-3-5-8-13)17-16(18)14-9-6-10-15(11-14)19-2;;/h3-5,7-12H,1-2H3,(H,17,18);;/q-1;2*+1/p-1/t12-;;/m0../s1. The summed E-state index contributed by atoms with van der Waals surface area (Å²) in [7, 11) is 1.56. The Morgan fingerprint density at radius 1 is 1.19 bits per heavy atom. The first-order valence-corrected chi connectivity index (χ1v) is 6.06. The molecule has 0 aromatic heterocycles. The zero-order valence-electron chi connectivity index (χ0n) is 13.0. The Bertz CT molecular complexity index is 573. The predicted molar refractivity (Wildman–Crippen MR) is 73.2 cm³/mol. The summed E-state index contributed by atoms with van der Waals surface area (Å²) in [5, 5.41) is 12.1. The molecular formula is C16H15Li2NO2. The van der Waals surface area contributed by atoms with Gasteiger partial charge in [0.2, 0.25) is 0 Å². The summed E-state index contributed by atoms with van der Waals surface area (Å²) in [6.45, 7) is 1.90. The Labute approximate surface area is 149 Å². The third-order valence-corrected chi connectivity index (χ3v) is 2.84. The largest absolute Gasteiger partial charge is 1.00 e. The zero-order valence-corrected chi connectivity index (χ0v) is 13.0. The molecule has 0 bridgehead atoms. The minimum absolute atomic E-state index is 0. The number of hydrogen-bond acceptors (Lipinski definition) is 3. The molecule has 0 saturated heterocycles. The number of benzene rings is 2. The predicted octanol–water partition coefficient (Wildman–Crippen LogP) is -3.63. The average molecular weight is 267 g/mol. The molecule has 0 heterocycles. The van der Waals surface area contributed by atoms with Gasteiger partial charge in [-0.3, -0.25) is 0 Å². The van der Waals surface area contributed by atoms with Gasteiger partial charge in [-0.15, -0.1) is 17.7 Å². The first kappa shape index (κ1) is 19.9. The molecule has 0 radical (unpaired) electrons. The van der Waals surface area contributed by atoms with Gasteiger partial charge in [0.25, 0.3) is 0 Å². The summed E-state index contributed by atoms with van der Waals surface area (Å²) in [4.78, 5) is 4.18. The van der Waals surface area contributed by atoms with Crippen LogP contribution in [-0.4, -0.2) is 13.0 Å². The van der Waals surface area contributed by atoms with Crippen molar-refractivity contribution >= 4 is 5.90 Å². The molecule has 98 valence electrons. The van der Waals surface area contributed by atoms with E-state index in [0.29, 0.717) is 11.3 Å². The van der Waals surface area contributed by atoms with Crippen LogP contribution in [0.15, 0.2) is 53.5 Å². The number of ether oxygens (including phenoxy) is 1. The molecule has 0 aliphatic heterocycles. The summed E-state index contributed by atoms with van der Waals surface area (Å²) < 4.78 is 5.07. The van der Waals surface area contributed by atoms with E-state index >= 15 is 0 Å². The molecule has 2 rings (SSSR count). The number of methoxy groups -OCH3 is 1. The van der Waals surface area contributed by atoms with Gasteiger partial charge < -0.3 is 14.8 Å². The molecule has 2 aromatic rings. The van der Waals surface area contributed by atoms with Crippen LogP contribution in [0, 0.1) is 6.07 Å². The Morgan fingerprint density at radius 2 is 1.86 bits per heavy atom. The second kappa shape index (κ2) is 9.77. The van der Waals surface area contributed by atoms with Crippen LogP contribution in [0.25, 0.3) is 0 Å². The van der Waals surface area contributed by atoms with Crippen molar-refractivity contribution in [3.63, 3.8) is 0 Å². The van der Waals surface area contributed by atoms with Gasteiger partial charge >= 0.3 is 37.7 Å². The topological polar surface area (TPSA) is 44.6 Å². The van der Waals surface area contributed by atoms with E-state index in [1.807, 2.05) is 37.3 Å². The van der Waals surface area contributed by atoms with E-state index in [9.17, 15) is 5.11 Å². The second-order valence-electron chi connectivity index (χ2n) is 4.18. The van der Waals surface area contributed by atoms with Crippen LogP contribution in [0.1, 0.15) is 24.1 Å². The SMILES string of the molecule is COc1c[c-]cc(C([O-])=N[C@@H](C)c2ccccc2)c1.[Li+].[Li+]. The summed E-state index contributed by atoms with van der Waals surface area (Å²) in [6, 6.07) is 17.4. The summed E-state index contributed by atoms with van der Waals surface area (Å²) in [5.41, 5.74) is 1.50. The third-order valence-electron chi connectivity index (χ3n) is 2.84. The molecule has 2 aromatic carbocycles. The van der Waals surface area contributed by atoms with Crippen LogP contribution >= 0.6 is 0 Å². The first-order valence-electron chi connectivity index (χ1n) is 6.06. The van der Waals surface area contributed by atoms with Crippen LogP contribution in [0.2, 0.25) is 0 Å². The molecule has 21 heavy (non-hydrogen) atoms. The Hall–Kier alpha value is -1.10. The maximum atomic E-state index is 12.1. The quantitative estimate of drug-likeness (QED) is 0.248. The molecule has 0 unspecified atom stereocenters. The fraction of sp³-hybridized carbons (Fsp3) is 0.188. The Balaban J connectivity index is 0.00000200. The number of aliphatic imine (C=N–C) groups is 1. The van der Waals surface area contributed by atoms with E-state index in [1.165, 1.54) is 0 Å².